The Balaban J connectivity index is 2.71. The van der Waals surface area contributed by atoms with Crippen LogP contribution < -0.4 is 5.73 Å². The van der Waals surface area contributed by atoms with Gasteiger partial charge in [0.2, 0.25) is 0 Å². The first-order valence-electron chi connectivity index (χ1n) is 24.0. The number of ether oxygens (including phenoxy) is 2. The van der Waals surface area contributed by atoms with Gasteiger partial charge in [-0.3, -0.25) is 27.7 Å². The number of unbranched alkanes of at least 4 members (excludes halogenated alkanes) is 25. The first kappa shape index (κ1) is 62.1. The highest BCUT2D eigenvalue weighted by Gasteiger charge is 2.56. The number of hydrogen-bond acceptors (Lipinski definition) is 15. The zero-order chi connectivity index (χ0) is 48.6. The fraction of sp³-hybridized carbons (Fsp3) is 0.952. The summed E-state index contributed by atoms with van der Waals surface area (Å²) in [7, 11) is -16.6. The molecule has 1 fully saturated rings. The predicted molar refractivity (Wildman–Crippen MR) is 242 cm³/mol. The van der Waals surface area contributed by atoms with Crippen LogP contribution >= 0.6 is 23.5 Å². The van der Waals surface area contributed by atoms with Crippen LogP contribution in [0.25, 0.3) is 0 Å². The molecular weight excluding hydrogens is 915 g/mol. The van der Waals surface area contributed by atoms with Crippen LogP contribution in [0, 0.1) is 0 Å². The van der Waals surface area contributed by atoms with Gasteiger partial charge in [0.05, 0.1) is 6.61 Å². The lowest BCUT2D eigenvalue weighted by atomic mass is 9.85. The molecular formula is C42H84NO19P3. The van der Waals surface area contributed by atoms with Gasteiger partial charge in [-0.2, -0.15) is 0 Å². The fourth-order valence-electron chi connectivity index (χ4n) is 7.66. The largest absolute Gasteiger partial charge is 0.472 e. The molecule has 0 heterocycles. The molecule has 1 saturated carbocycles. The number of phosphoric ester groups is 3. The number of nitrogens with two attached hydrogens (primary N) is 1. The summed E-state index contributed by atoms with van der Waals surface area (Å²) in [6.45, 7) is 1.49. The molecule has 1 aliphatic rings. The van der Waals surface area contributed by atoms with Crippen LogP contribution in [-0.4, -0.2) is 114 Å². The van der Waals surface area contributed by atoms with Gasteiger partial charge in [0, 0.05) is 12.8 Å². The van der Waals surface area contributed by atoms with Crippen molar-refractivity contribution >= 4 is 35.4 Å². The van der Waals surface area contributed by atoms with E-state index in [2.05, 4.69) is 16.0 Å². The Labute approximate surface area is 386 Å². The second kappa shape index (κ2) is 36.1. The zero-order valence-corrected chi connectivity index (χ0v) is 41.3. The lowest BCUT2D eigenvalue weighted by Crippen LogP contribution is -2.65. The van der Waals surface area contributed by atoms with Gasteiger partial charge in [0.25, 0.3) is 0 Å². The van der Waals surface area contributed by atoms with Gasteiger partial charge >= 0.3 is 35.4 Å². The molecule has 4 unspecified atom stereocenters. The minimum absolute atomic E-state index is 0.00225. The number of carbonyl (C=O) groups excluding carboxylic acids is 2. The van der Waals surface area contributed by atoms with E-state index in [4.69, 9.17) is 24.3 Å². The Kier molecular flexibility index (Phi) is 34.5. The minimum Gasteiger partial charge on any atom is -0.462 e. The average Bonchev–Trinajstić information content (AvgIpc) is 3.23. The normalized spacial score (nSPS) is 21.8. The Morgan fingerprint density at radius 1 is 0.477 bits per heavy atom. The van der Waals surface area contributed by atoms with E-state index >= 15 is 0 Å². The molecule has 0 saturated heterocycles. The molecule has 0 bridgehead atoms. The van der Waals surface area contributed by atoms with E-state index in [1.165, 1.54) is 103 Å². The third-order valence-electron chi connectivity index (χ3n) is 11.3. The quantitative estimate of drug-likeness (QED) is 0.0165. The van der Waals surface area contributed by atoms with E-state index in [-0.39, 0.29) is 12.8 Å². The summed E-state index contributed by atoms with van der Waals surface area (Å²) in [6, 6.07) is 0. The van der Waals surface area contributed by atoms with Crippen molar-refractivity contribution in [1.29, 1.82) is 0 Å². The van der Waals surface area contributed by atoms with Crippen LogP contribution in [0.5, 0.6) is 0 Å². The van der Waals surface area contributed by atoms with Crippen LogP contribution in [0.1, 0.15) is 193 Å². The number of carbonyl (C=O) groups is 2. The molecule has 1 aliphatic carbocycles. The van der Waals surface area contributed by atoms with Crippen molar-refractivity contribution in [2.45, 2.75) is 236 Å². The molecule has 20 nitrogen and oxygen atoms in total. The third-order valence-corrected chi connectivity index (χ3v) is 13.3. The maximum absolute atomic E-state index is 13.1. The summed E-state index contributed by atoms with van der Waals surface area (Å²) in [5.74, 6) is -1.29. The van der Waals surface area contributed by atoms with Crippen LogP contribution in [0.2, 0.25) is 0 Å². The van der Waals surface area contributed by atoms with Crippen molar-refractivity contribution in [3.63, 3.8) is 0 Å². The van der Waals surface area contributed by atoms with Crippen molar-refractivity contribution in [3.05, 3.63) is 0 Å². The molecule has 0 aromatic heterocycles. The Bertz CT molecular complexity index is 1390. The number of rotatable bonds is 42. The van der Waals surface area contributed by atoms with Crippen molar-refractivity contribution < 1.29 is 90.6 Å². The number of aliphatic hydroxyl groups excluding tert-OH is 3. The van der Waals surface area contributed by atoms with E-state index < -0.39 is 91.3 Å². The predicted octanol–water partition coefficient (Wildman–Crippen LogP) is 7.29. The number of aliphatic hydroxyl groups is 3. The molecule has 10 N–H and O–H groups in total. The average molecular weight is 1000 g/mol. The minimum atomic E-state index is -5.60. The van der Waals surface area contributed by atoms with Crippen molar-refractivity contribution in [2.24, 2.45) is 5.73 Å². The van der Waals surface area contributed by atoms with E-state index in [0.29, 0.717) is 12.8 Å². The van der Waals surface area contributed by atoms with Crippen molar-refractivity contribution in [1.82, 2.24) is 0 Å². The molecule has 0 aliphatic heterocycles. The van der Waals surface area contributed by atoms with Gasteiger partial charge in [-0.05, 0) is 25.8 Å². The maximum atomic E-state index is 13.1. The summed E-state index contributed by atoms with van der Waals surface area (Å²) in [5.41, 5.74) is 5.54. The van der Waals surface area contributed by atoms with Crippen LogP contribution in [0.3, 0.4) is 0 Å². The highest BCUT2D eigenvalue weighted by atomic mass is 31.2. The summed E-state index contributed by atoms with van der Waals surface area (Å²) in [6.07, 6.45) is 13.5. The van der Waals surface area contributed by atoms with Crippen molar-refractivity contribution in [2.75, 3.05) is 19.8 Å². The molecule has 1 rings (SSSR count). The van der Waals surface area contributed by atoms with Crippen LogP contribution in [0.15, 0.2) is 0 Å². The number of phosphoric acid groups is 3. The Hall–Kier alpha value is -0.890. The monoisotopic (exact) mass is 999 g/mol. The second-order valence-electron chi connectivity index (χ2n) is 17.2. The molecule has 0 spiro atoms. The van der Waals surface area contributed by atoms with Gasteiger partial charge in [-0.1, -0.05) is 161 Å². The lowest BCUT2D eigenvalue weighted by Gasteiger charge is -2.44. The van der Waals surface area contributed by atoms with Gasteiger partial charge in [0.1, 0.15) is 43.2 Å². The highest BCUT2D eigenvalue weighted by Crippen LogP contribution is 2.51. The summed E-state index contributed by atoms with van der Waals surface area (Å²) >= 11 is 0. The smallest absolute Gasteiger partial charge is 0.462 e. The van der Waals surface area contributed by atoms with Crippen LogP contribution in [0.4, 0.5) is 0 Å². The molecule has 386 valence electrons. The maximum Gasteiger partial charge on any atom is 0.472 e. The highest BCUT2D eigenvalue weighted by molar-refractivity contribution is 7.47. The molecule has 8 atom stereocenters. The summed E-state index contributed by atoms with van der Waals surface area (Å²) < 4.78 is 65.4. The molecule has 0 radical (unpaired) electrons. The van der Waals surface area contributed by atoms with Crippen molar-refractivity contribution in [3.8, 4) is 0 Å². The third kappa shape index (κ3) is 32.5. The van der Waals surface area contributed by atoms with E-state index in [0.717, 1.165) is 64.3 Å². The number of esters is 2. The van der Waals surface area contributed by atoms with Gasteiger partial charge in [-0.15, -0.1) is 0 Å². The fourth-order valence-corrected chi connectivity index (χ4v) is 9.75. The van der Waals surface area contributed by atoms with Gasteiger partial charge < -0.3 is 55.0 Å². The van der Waals surface area contributed by atoms with E-state index in [1.807, 2.05) is 0 Å². The molecule has 0 aromatic rings. The van der Waals surface area contributed by atoms with Gasteiger partial charge in [0.15, 0.2) is 6.10 Å². The molecule has 0 amide bonds. The summed E-state index contributed by atoms with van der Waals surface area (Å²) in [4.78, 5) is 73.1. The topological polar surface area (TPSA) is 329 Å². The molecule has 0 aromatic carbocycles. The number of hydrogen-bond donors (Lipinski definition) is 9. The van der Waals surface area contributed by atoms with Gasteiger partial charge in [-0.25, -0.2) is 13.7 Å². The Morgan fingerprint density at radius 2 is 0.831 bits per heavy atom. The van der Waals surface area contributed by atoms with E-state index in [9.17, 15) is 63.1 Å². The Morgan fingerprint density at radius 3 is 1.23 bits per heavy atom. The van der Waals surface area contributed by atoms with E-state index in [1.54, 1.807) is 0 Å². The second-order valence-corrected chi connectivity index (χ2v) is 21.0. The standard InChI is InChI=1S/C42H84NO19P3/c1-2-3-4-5-6-7-8-11-15-18-21-24-27-30-36(45)59-34(32-57-35(44)29-26-23-20-17-14-12-9-10-13-16-19-22-25-28-31-43)33-58-65(55,56)62-40-37(46)38(47)41(60-63(49,50)51)42(39(40)48)61-64(52,53)54/h34,37-42,46-48H,2-33,43H2,1H3,(H,55,56)(H2,49,50,51)(H2,52,53,54)/t34-,37?,38-,39+,40?,41?,42+/m1/s1. The van der Waals surface area contributed by atoms with Crippen LogP contribution in [-0.2, 0) is 50.9 Å². The summed E-state index contributed by atoms with van der Waals surface area (Å²) in [5, 5.41) is 31.9. The lowest BCUT2D eigenvalue weighted by molar-refractivity contribution is -0.213. The molecule has 65 heavy (non-hydrogen) atoms. The first-order valence-corrected chi connectivity index (χ1v) is 28.6. The molecule has 23 heteroatoms. The SMILES string of the molecule is CCCCCCCCCCCCCCCC(=O)O[C@H](COC(=O)CCCCCCCCCCCCCCCCN)COP(=O)(O)OC1C(O)[C@@H](O)C(OP(=O)(O)O)[C@@H](OP(=O)(O)O)[C@H]1O. The first-order chi connectivity index (χ1) is 30.8. The zero-order valence-electron chi connectivity index (χ0n) is 38.7.